The molecule has 0 spiro atoms. The molecule has 0 fully saturated rings. The second-order valence-corrected chi connectivity index (χ2v) is 3.38. The Balaban J connectivity index is 2.32. The minimum Gasteiger partial charge on any atom is -0.282 e. The summed E-state index contributed by atoms with van der Waals surface area (Å²) in [6.07, 6.45) is 0. The molecule has 0 saturated heterocycles. The molecule has 0 aliphatic heterocycles. The molecule has 0 atom stereocenters. The molecule has 1 aromatic heterocycles. The number of anilines is 1. The smallest absolute Gasteiger partial charge is 0.237 e. The maximum atomic E-state index is 8.53. The number of hydrogen-bond acceptors (Lipinski definition) is 5. The quantitative estimate of drug-likeness (QED) is 0.598. The van der Waals surface area contributed by atoms with Gasteiger partial charge in [-0.05, 0) is 25.1 Å². The van der Waals surface area contributed by atoms with Gasteiger partial charge in [0.1, 0.15) is 12.1 Å². The Morgan fingerprint density at radius 2 is 2.18 bits per heavy atom. The van der Waals surface area contributed by atoms with E-state index in [1.165, 1.54) is 0 Å². The van der Waals surface area contributed by atoms with E-state index in [1.807, 2.05) is 19.1 Å². The zero-order valence-electron chi connectivity index (χ0n) is 9.02. The molecule has 1 aromatic carbocycles. The number of aromatic amines is 1. The van der Waals surface area contributed by atoms with Gasteiger partial charge in [-0.1, -0.05) is 0 Å². The number of nitrogens with zero attached hydrogens (tertiary/aromatic N) is 4. The van der Waals surface area contributed by atoms with E-state index >= 15 is 0 Å². The molecule has 2 rings (SSSR count). The molecular weight excluding hydrogens is 216 g/mol. The van der Waals surface area contributed by atoms with Crippen LogP contribution in [-0.2, 0) is 0 Å². The summed E-state index contributed by atoms with van der Waals surface area (Å²) in [7, 11) is 0. The van der Waals surface area contributed by atoms with E-state index in [2.05, 4.69) is 20.7 Å². The Morgan fingerprint density at radius 3 is 2.88 bits per heavy atom. The summed E-state index contributed by atoms with van der Waals surface area (Å²) in [6, 6.07) is 8.80. The second kappa shape index (κ2) is 4.33. The van der Waals surface area contributed by atoms with Gasteiger partial charge < -0.3 is 0 Å². The van der Waals surface area contributed by atoms with Crippen molar-refractivity contribution in [2.45, 2.75) is 6.92 Å². The monoisotopic (exact) mass is 224 g/mol. The number of nitrogens with one attached hydrogen (secondary N) is 2. The highest BCUT2D eigenvalue weighted by atomic mass is 15.3. The lowest BCUT2D eigenvalue weighted by Gasteiger charge is -1.99. The van der Waals surface area contributed by atoms with Gasteiger partial charge in [0.05, 0.1) is 11.2 Å². The summed E-state index contributed by atoms with van der Waals surface area (Å²) in [6.45, 7) is 1.92. The van der Waals surface area contributed by atoms with Crippen molar-refractivity contribution in [3.8, 4) is 12.1 Å². The van der Waals surface area contributed by atoms with Gasteiger partial charge in [0.25, 0.3) is 0 Å². The lowest BCUT2D eigenvalue weighted by Crippen LogP contribution is -1.96. The highest BCUT2D eigenvalue weighted by Gasteiger charge is 2.02. The summed E-state index contributed by atoms with van der Waals surface area (Å²) in [5.74, 6) is 0. The molecule has 82 valence electrons. The normalized spacial score (nSPS) is 9.35. The fourth-order valence-corrected chi connectivity index (χ4v) is 1.40. The molecule has 2 aromatic rings. The first-order valence-electron chi connectivity index (χ1n) is 4.83. The van der Waals surface area contributed by atoms with E-state index in [9.17, 15) is 0 Å². The fourth-order valence-electron chi connectivity index (χ4n) is 1.40. The molecular formula is C11H8N6. The molecule has 6 nitrogen and oxygen atoms in total. The van der Waals surface area contributed by atoms with Crippen molar-refractivity contribution >= 4 is 22.3 Å². The molecule has 0 amide bonds. The van der Waals surface area contributed by atoms with E-state index in [0.29, 0.717) is 5.69 Å². The van der Waals surface area contributed by atoms with Gasteiger partial charge in [0, 0.05) is 11.1 Å². The number of nitriles is 2. The molecule has 0 bridgehead atoms. The molecule has 0 aliphatic rings. The number of fused-ring (bicyclic) bond motifs is 1. The number of benzene rings is 1. The summed E-state index contributed by atoms with van der Waals surface area (Å²) in [5, 5.41) is 28.7. The summed E-state index contributed by atoms with van der Waals surface area (Å²) in [5.41, 5.74) is 4.95. The fraction of sp³-hybridized carbons (Fsp3) is 0.0909. The molecule has 2 N–H and O–H groups in total. The topological polar surface area (TPSA) is 101 Å². The van der Waals surface area contributed by atoms with Crippen LogP contribution in [0.25, 0.3) is 10.9 Å². The van der Waals surface area contributed by atoms with Crippen LogP contribution in [0, 0.1) is 29.6 Å². The van der Waals surface area contributed by atoms with Crippen LogP contribution >= 0.6 is 0 Å². The number of hydrogen-bond donors (Lipinski definition) is 2. The maximum absolute atomic E-state index is 8.53. The standard InChI is InChI=1S/C11H8N6/c1-7-10-4-8(2-3-11(10)17-14-7)15-16-9(5-12)6-13/h2-4,15H,1H3,(H,14,17). The highest BCUT2D eigenvalue weighted by molar-refractivity contribution is 6.10. The van der Waals surface area contributed by atoms with Crippen molar-refractivity contribution in [2.24, 2.45) is 5.10 Å². The van der Waals surface area contributed by atoms with E-state index in [4.69, 9.17) is 10.5 Å². The van der Waals surface area contributed by atoms with Crippen molar-refractivity contribution in [1.82, 2.24) is 10.2 Å². The van der Waals surface area contributed by atoms with Gasteiger partial charge in [0.2, 0.25) is 5.71 Å². The maximum Gasteiger partial charge on any atom is 0.237 e. The third-order valence-electron chi connectivity index (χ3n) is 2.25. The largest absolute Gasteiger partial charge is 0.282 e. The molecule has 6 heteroatoms. The zero-order chi connectivity index (χ0) is 12.3. The first kappa shape index (κ1) is 10.7. The van der Waals surface area contributed by atoms with Crippen LogP contribution in [0.2, 0.25) is 0 Å². The minimum absolute atomic E-state index is 0.214. The van der Waals surface area contributed by atoms with Crippen molar-refractivity contribution in [2.75, 3.05) is 5.43 Å². The van der Waals surface area contributed by atoms with Crippen LogP contribution in [0.3, 0.4) is 0 Å². The molecule has 0 radical (unpaired) electrons. The van der Waals surface area contributed by atoms with Gasteiger partial charge >= 0.3 is 0 Å². The average molecular weight is 224 g/mol. The van der Waals surface area contributed by atoms with Crippen LogP contribution < -0.4 is 5.43 Å². The zero-order valence-corrected chi connectivity index (χ0v) is 9.02. The second-order valence-electron chi connectivity index (χ2n) is 3.38. The van der Waals surface area contributed by atoms with Crippen LogP contribution in [0.4, 0.5) is 5.69 Å². The summed E-state index contributed by atoms with van der Waals surface area (Å²) < 4.78 is 0. The number of aromatic nitrogens is 2. The first-order chi connectivity index (χ1) is 8.24. The van der Waals surface area contributed by atoms with E-state index in [-0.39, 0.29) is 5.71 Å². The van der Waals surface area contributed by atoms with Gasteiger partial charge in [-0.25, -0.2) is 0 Å². The lowest BCUT2D eigenvalue weighted by molar-refractivity contribution is 1.07. The van der Waals surface area contributed by atoms with E-state index < -0.39 is 0 Å². The molecule has 0 unspecified atom stereocenters. The summed E-state index contributed by atoms with van der Waals surface area (Å²) in [4.78, 5) is 0. The Morgan fingerprint density at radius 1 is 1.41 bits per heavy atom. The van der Waals surface area contributed by atoms with Gasteiger partial charge in [-0.15, -0.1) is 0 Å². The summed E-state index contributed by atoms with van der Waals surface area (Å²) >= 11 is 0. The number of aryl methyl sites for hydroxylation is 1. The predicted octanol–water partition coefficient (Wildman–Crippen LogP) is 1.69. The molecule has 0 saturated carbocycles. The third-order valence-corrected chi connectivity index (χ3v) is 2.25. The Bertz CT molecular complexity index is 651. The highest BCUT2D eigenvalue weighted by Crippen LogP contribution is 2.19. The van der Waals surface area contributed by atoms with Crippen LogP contribution in [0.15, 0.2) is 23.3 Å². The van der Waals surface area contributed by atoms with Gasteiger partial charge in [-0.3, -0.25) is 10.5 Å². The minimum atomic E-state index is -0.214. The van der Waals surface area contributed by atoms with Crippen molar-refractivity contribution in [1.29, 1.82) is 10.5 Å². The van der Waals surface area contributed by atoms with Crippen molar-refractivity contribution < 1.29 is 0 Å². The molecule has 0 aliphatic carbocycles. The van der Waals surface area contributed by atoms with E-state index in [0.717, 1.165) is 16.6 Å². The molecule has 17 heavy (non-hydrogen) atoms. The van der Waals surface area contributed by atoms with Crippen molar-refractivity contribution in [3.63, 3.8) is 0 Å². The SMILES string of the molecule is Cc1[nH]nc2ccc(NN=C(C#N)C#N)cc12. The number of rotatable bonds is 2. The van der Waals surface area contributed by atoms with Crippen LogP contribution in [0.1, 0.15) is 5.69 Å². The Hall–Kier alpha value is -2.86. The number of H-pyrrole nitrogens is 1. The molecule has 1 heterocycles. The predicted molar refractivity (Wildman–Crippen MR) is 63.1 cm³/mol. The van der Waals surface area contributed by atoms with Crippen molar-refractivity contribution in [3.05, 3.63) is 23.9 Å². The lowest BCUT2D eigenvalue weighted by atomic mass is 10.2. The number of hydrazone groups is 1. The van der Waals surface area contributed by atoms with Gasteiger partial charge in [-0.2, -0.15) is 20.7 Å². The Kier molecular flexibility index (Phi) is 2.71. The first-order valence-corrected chi connectivity index (χ1v) is 4.83. The van der Waals surface area contributed by atoms with Crippen LogP contribution in [0.5, 0.6) is 0 Å². The van der Waals surface area contributed by atoms with Crippen LogP contribution in [-0.4, -0.2) is 15.9 Å². The third kappa shape index (κ3) is 2.06. The van der Waals surface area contributed by atoms with Gasteiger partial charge in [0.15, 0.2) is 0 Å². The average Bonchev–Trinajstić information content (AvgIpc) is 2.72. The Labute approximate surface area is 97.2 Å². The van der Waals surface area contributed by atoms with E-state index in [1.54, 1.807) is 18.2 Å².